The van der Waals surface area contributed by atoms with E-state index in [0.29, 0.717) is 28.5 Å². The van der Waals surface area contributed by atoms with E-state index in [4.69, 9.17) is 9.15 Å². The van der Waals surface area contributed by atoms with Gasteiger partial charge < -0.3 is 19.6 Å². The number of aliphatic hydroxyl groups is 1. The molecule has 5 nitrogen and oxygen atoms in total. The van der Waals surface area contributed by atoms with Crippen molar-refractivity contribution in [3.63, 3.8) is 0 Å². The lowest BCUT2D eigenvalue weighted by Gasteiger charge is -2.24. The van der Waals surface area contributed by atoms with E-state index in [-0.39, 0.29) is 22.7 Å². The van der Waals surface area contributed by atoms with E-state index in [9.17, 15) is 9.90 Å². The van der Waals surface area contributed by atoms with Crippen LogP contribution < -0.4 is 10.1 Å². The van der Waals surface area contributed by atoms with Crippen LogP contribution in [-0.4, -0.2) is 10.9 Å². The quantitative estimate of drug-likeness (QED) is 0.595. The molecule has 0 spiro atoms. The minimum Gasteiger partial charge on any atom is -0.506 e. The zero-order valence-electron chi connectivity index (χ0n) is 15.4. The second-order valence-electron chi connectivity index (χ2n) is 6.88. The van der Waals surface area contributed by atoms with Crippen molar-refractivity contribution in [3.8, 4) is 5.75 Å². The van der Waals surface area contributed by atoms with E-state index >= 15 is 0 Å². The van der Waals surface area contributed by atoms with Crippen LogP contribution in [0.4, 0.5) is 5.69 Å². The predicted molar refractivity (Wildman–Crippen MR) is 107 cm³/mol. The van der Waals surface area contributed by atoms with Crippen molar-refractivity contribution in [2.75, 3.05) is 5.32 Å². The predicted octanol–water partition coefficient (Wildman–Crippen LogP) is 5.34. The monoisotopic (exact) mass is 371 g/mol. The van der Waals surface area contributed by atoms with Gasteiger partial charge in [-0.15, -0.1) is 0 Å². The first-order valence-electron chi connectivity index (χ1n) is 8.98. The first-order chi connectivity index (χ1) is 13.5. The van der Waals surface area contributed by atoms with Crippen LogP contribution in [0.5, 0.6) is 5.75 Å². The summed E-state index contributed by atoms with van der Waals surface area (Å²) in [6, 6.07) is 17.0. The number of benzene rings is 2. The second kappa shape index (κ2) is 5.89. The molecule has 0 atom stereocenters. The van der Waals surface area contributed by atoms with Crippen molar-refractivity contribution < 1.29 is 19.1 Å². The van der Waals surface area contributed by atoms with Crippen LogP contribution >= 0.6 is 0 Å². The van der Waals surface area contributed by atoms with Gasteiger partial charge in [-0.25, -0.2) is 0 Å². The van der Waals surface area contributed by atoms with E-state index in [0.717, 1.165) is 16.7 Å². The third kappa shape index (κ3) is 2.29. The lowest BCUT2D eigenvalue weighted by Crippen LogP contribution is -2.25. The summed E-state index contributed by atoms with van der Waals surface area (Å²) >= 11 is 0. The molecule has 0 saturated carbocycles. The van der Waals surface area contributed by atoms with Crippen LogP contribution in [-0.2, 0) is 4.79 Å². The topological polar surface area (TPSA) is 71.7 Å². The molecule has 138 valence electrons. The van der Waals surface area contributed by atoms with Gasteiger partial charge in [0, 0.05) is 16.5 Å². The summed E-state index contributed by atoms with van der Waals surface area (Å²) in [4.78, 5) is 12.8. The normalized spacial score (nSPS) is 19.1. The zero-order chi connectivity index (χ0) is 19.4. The molecule has 28 heavy (non-hydrogen) atoms. The van der Waals surface area contributed by atoms with Crippen LogP contribution in [0.3, 0.4) is 0 Å². The second-order valence-corrected chi connectivity index (χ2v) is 6.88. The first-order valence-corrected chi connectivity index (χ1v) is 8.98. The molecule has 0 fully saturated rings. The number of hydrogen-bond acceptors (Lipinski definition) is 5. The van der Waals surface area contributed by atoms with E-state index < -0.39 is 0 Å². The SMILES string of the molecule is CC(=C1C(=O)C(/C(C)=C2/Nc3ccccc3O2)=C1O)c1cc2ccccc2o1. The fraction of sp³-hybridized carbons (Fsp3) is 0.0870. The molecule has 2 heterocycles. The fourth-order valence-corrected chi connectivity index (χ4v) is 3.59. The Kier molecular flexibility index (Phi) is 3.46. The molecule has 0 radical (unpaired) electrons. The third-order valence-corrected chi connectivity index (χ3v) is 5.16. The number of ketones is 1. The molecule has 2 aliphatic rings. The summed E-state index contributed by atoms with van der Waals surface area (Å²) in [5.74, 6) is 1.47. The van der Waals surface area contributed by atoms with Gasteiger partial charge in [0.1, 0.15) is 17.1 Å². The number of hydrogen-bond donors (Lipinski definition) is 2. The number of nitrogens with one attached hydrogen (secondary N) is 1. The van der Waals surface area contributed by atoms with Crippen LogP contribution in [0.1, 0.15) is 19.6 Å². The minimum atomic E-state index is -0.221. The van der Waals surface area contributed by atoms with Crippen molar-refractivity contribution in [1.29, 1.82) is 0 Å². The molecule has 3 aromatic rings. The maximum Gasteiger partial charge on any atom is 0.201 e. The minimum absolute atomic E-state index is 0.0330. The fourth-order valence-electron chi connectivity index (χ4n) is 3.59. The van der Waals surface area contributed by atoms with Crippen molar-refractivity contribution in [3.05, 3.63) is 88.7 Å². The molecule has 0 unspecified atom stereocenters. The summed E-state index contributed by atoms with van der Waals surface area (Å²) in [5, 5.41) is 14.7. The van der Waals surface area contributed by atoms with Gasteiger partial charge in [-0.2, -0.15) is 0 Å². The smallest absolute Gasteiger partial charge is 0.201 e. The summed E-state index contributed by atoms with van der Waals surface area (Å²) in [6.07, 6.45) is 0. The Morgan fingerprint density at radius 1 is 1.00 bits per heavy atom. The Bertz CT molecular complexity index is 1200. The van der Waals surface area contributed by atoms with E-state index in [1.54, 1.807) is 13.8 Å². The molecular weight excluding hydrogens is 354 g/mol. The molecule has 5 rings (SSSR count). The first kappa shape index (κ1) is 16.4. The number of allylic oxidation sites excluding steroid dienone is 4. The molecule has 5 heteroatoms. The number of carbonyl (C=O) groups excluding carboxylic acids is 1. The maximum atomic E-state index is 12.8. The van der Waals surface area contributed by atoms with Crippen molar-refractivity contribution in [1.82, 2.24) is 0 Å². The lowest BCUT2D eigenvalue weighted by atomic mass is 9.81. The molecule has 0 saturated heterocycles. The van der Waals surface area contributed by atoms with Gasteiger partial charge in [0.15, 0.2) is 5.75 Å². The van der Waals surface area contributed by atoms with E-state index in [1.807, 2.05) is 54.6 Å². The number of furan rings is 1. The number of anilines is 1. The van der Waals surface area contributed by atoms with Gasteiger partial charge in [0.05, 0.1) is 16.8 Å². The number of rotatable bonds is 2. The van der Waals surface area contributed by atoms with Crippen LogP contribution in [0.25, 0.3) is 16.5 Å². The van der Waals surface area contributed by atoms with Crippen LogP contribution in [0.2, 0.25) is 0 Å². The summed E-state index contributed by atoms with van der Waals surface area (Å²) in [5.41, 5.74) is 3.31. The van der Waals surface area contributed by atoms with Gasteiger partial charge in [0.2, 0.25) is 11.7 Å². The molecule has 0 bridgehead atoms. The maximum absolute atomic E-state index is 12.8. The lowest BCUT2D eigenvalue weighted by molar-refractivity contribution is -0.113. The van der Waals surface area contributed by atoms with Gasteiger partial charge in [-0.1, -0.05) is 30.3 Å². The average Bonchev–Trinajstić information content (AvgIpc) is 3.32. The molecule has 2 N–H and O–H groups in total. The van der Waals surface area contributed by atoms with Crippen LogP contribution in [0, 0.1) is 0 Å². The van der Waals surface area contributed by atoms with Gasteiger partial charge in [0.25, 0.3) is 0 Å². The molecule has 1 aliphatic carbocycles. The number of Topliss-reactive ketones (excluding diaryl/α,β-unsaturated/α-hetero) is 1. The van der Waals surface area contributed by atoms with Crippen molar-refractivity contribution in [2.24, 2.45) is 0 Å². The summed E-state index contributed by atoms with van der Waals surface area (Å²) in [6.45, 7) is 3.53. The molecule has 0 amide bonds. The standard InChI is InChI=1S/C23H17NO4/c1-12(18-11-14-7-3-5-9-16(14)27-18)19-21(25)20(22(19)26)13(2)23-24-15-8-4-6-10-17(15)28-23/h3-11,24-25H,1-2H3/b19-12?,23-13-. The Balaban J connectivity index is 1.54. The Morgan fingerprint density at radius 3 is 2.50 bits per heavy atom. The highest BCUT2D eigenvalue weighted by Crippen LogP contribution is 2.42. The Morgan fingerprint density at radius 2 is 1.75 bits per heavy atom. The number of aliphatic hydroxyl groups excluding tert-OH is 1. The number of para-hydroxylation sites is 3. The average molecular weight is 371 g/mol. The highest BCUT2D eigenvalue weighted by Gasteiger charge is 2.39. The molecule has 1 aromatic heterocycles. The Hall–Kier alpha value is -3.73. The molecular formula is C23H17NO4. The van der Waals surface area contributed by atoms with Gasteiger partial charge >= 0.3 is 0 Å². The highest BCUT2D eigenvalue weighted by atomic mass is 16.5. The highest BCUT2D eigenvalue weighted by molar-refractivity contribution is 6.25. The van der Waals surface area contributed by atoms with Crippen LogP contribution in [0.15, 0.2) is 87.4 Å². The zero-order valence-corrected chi connectivity index (χ0v) is 15.4. The number of fused-ring (bicyclic) bond motifs is 2. The van der Waals surface area contributed by atoms with E-state index in [1.165, 1.54) is 0 Å². The van der Waals surface area contributed by atoms with Crippen molar-refractivity contribution >= 4 is 28.0 Å². The van der Waals surface area contributed by atoms with Crippen molar-refractivity contribution in [2.45, 2.75) is 13.8 Å². The molecule has 1 aliphatic heterocycles. The number of ether oxygens (including phenoxy) is 1. The summed E-state index contributed by atoms with van der Waals surface area (Å²) in [7, 11) is 0. The van der Waals surface area contributed by atoms with Gasteiger partial charge in [-0.05, 0) is 38.1 Å². The molecule has 2 aromatic carbocycles. The summed E-state index contributed by atoms with van der Waals surface area (Å²) < 4.78 is 11.6. The number of carbonyl (C=O) groups is 1. The Labute approximate surface area is 161 Å². The van der Waals surface area contributed by atoms with E-state index in [2.05, 4.69) is 5.32 Å². The van der Waals surface area contributed by atoms with Gasteiger partial charge in [-0.3, -0.25) is 4.79 Å². The largest absolute Gasteiger partial charge is 0.506 e. The third-order valence-electron chi connectivity index (χ3n) is 5.16.